The second kappa shape index (κ2) is 8.55. The highest BCUT2D eigenvalue weighted by molar-refractivity contribution is 5.75. The maximum Gasteiger partial charge on any atom is 0.416 e. The number of H-pyrrole nitrogens is 1. The van der Waals surface area contributed by atoms with Gasteiger partial charge in [0.2, 0.25) is 17.5 Å². The number of halogens is 3. The molecule has 2 aromatic carbocycles. The van der Waals surface area contributed by atoms with Gasteiger partial charge >= 0.3 is 6.18 Å². The predicted octanol–water partition coefficient (Wildman–Crippen LogP) is 4.34. The average molecular weight is 472 g/mol. The molecule has 1 aliphatic heterocycles. The van der Waals surface area contributed by atoms with Crippen LogP contribution in [0.1, 0.15) is 22.6 Å². The molecule has 2 heterocycles. The van der Waals surface area contributed by atoms with Crippen molar-refractivity contribution < 1.29 is 32.1 Å². The molecule has 0 saturated carbocycles. The lowest BCUT2D eigenvalue weighted by atomic mass is 9.81. The third-order valence-corrected chi connectivity index (χ3v) is 5.47. The van der Waals surface area contributed by atoms with Crippen LogP contribution in [-0.4, -0.2) is 31.5 Å². The smallest absolute Gasteiger partial charge is 0.416 e. The van der Waals surface area contributed by atoms with Crippen molar-refractivity contribution >= 4 is 0 Å². The van der Waals surface area contributed by atoms with Gasteiger partial charge in [0.05, 0.1) is 44.1 Å². The van der Waals surface area contributed by atoms with Crippen LogP contribution in [0.4, 0.5) is 13.2 Å². The number of aromatic amines is 1. The number of hydrogen-bond acceptors (Lipinski definition) is 7. The summed E-state index contributed by atoms with van der Waals surface area (Å²) in [6, 6.07) is 10.1. The Balaban J connectivity index is 2.01. The number of methoxy groups -OCH3 is 3. The van der Waals surface area contributed by atoms with Crippen LogP contribution in [0.3, 0.4) is 0 Å². The number of nitriles is 1. The first-order valence-electron chi connectivity index (χ1n) is 9.87. The van der Waals surface area contributed by atoms with Crippen LogP contribution in [-0.2, 0) is 6.18 Å². The number of rotatable bonds is 5. The van der Waals surface area contributed by atoms with Crippen molar-refractivity contribution in [2.45, 2.75) is 12.1 Å². The van der Waals surface area contributed by atoms with E-state index in [0.29, 0.717) is 28.5 Å². The fraction of sp³-hybridized carbons (Fsp3) is 0.217. The molecule has 0 bridgehead atoms. The highest BCUT2D eigenvalue weighted by Crippen LogP contribution is 2.50. The molecule has 176 valence electrons. The van der Waals surface area contributed by atoms with E-state index in [9.17, 15) is 18.4 Å². The Morgan fingerprint density at radius 1 is 1.09 bits per heavy atom. The number of allylic oxidation sites excluding steroid dienone is 1. The molecule has 1 unspecified atom stereocenters. The van der Waals surface area contributed by atoms with Gasteiger partial charge < -0.3 is 24.7 Å². The molecule has 1 aliphatic rings. The zero-order valence-electron chi connectivity index (χ0n) is 18.3. The van der Waals surface area contributed by atoms with E-state index < -0.39 is 17.7 Å². The zero-order chi connectivity index (χ0) is 24.6. The van der Waals surface area contributed by atoms with Crippen molar-refractivity contribution in [2.75, 3.05) is 21.3 Å². The summed E-state index contributed by atoms with van der Waals surface area (Å²) in [7, 11) is 4.32. The zero-order valence-corrected chi connectivity index (χ0v) is 18.3. The minimum absolute atomic E-state index is 0.0396. The third kappa shape index (κ3) is 3.63. The van der Waals surface area contributed by atoms with E-state index in [4.69, 9.17) is 24.7 Å². The van der Waals surface area contributed by atoms with Crippen LogP contribution in [0.25, 0.3) is 11.3 Å². The molecule has 11 heteroatoms. The van der Waals surface area contributed by atoms with E-state index in [1.807, 2.05) is 6.07 Å². The summed E-state index contributed by atoms with van der Waals surface area (Å²) in [5, 5.41) is 16.7. The van der Waals surface area contributed by atoms with Gasteiger partial charge in [0.1, 0.15) is 11.6 Å². The average Bonchev–Trinajstić information content (AvgIpc) is 3.24. The summed E-state index contributed by atoms with van der Waals surface area (Å²) in [5.41, 5.74) is 5.67. The van der Waals surface area contributed by atoms with Crippen molar-refractivity contribution in [3.8, 4) is 40.5 Å². The minimum atomic E-state index is -4.67. The lowest BCUT2D eigenvalue weighted by Crippen LogP contribution is -2.23. The number of alkyl halides is 3. The molecule has 0 fully saturated rings. The number of nitrogens with two attached hydrogens (primary N) is 1. The highest BCUT2D eigenvalue weighted by atomic mass is 19.4. The van der Waals surface area contributed by atoms with Gasteiger partial charge in [-0.2, -0.15) is 18.4 Å². The predicted molar refractivity (Wildman–Crippen MR) is 114 cm³/mol. The Hall–Kier alpha value is -4.33. The maximum absolute atomic E-state index is 13.9. The molecule has 34 heavy (non-hydrogen) atoms. The molecule has 0 radical (unpaired) electrons. The molecular formula is C23H19F3N4O4. The summed E-state index contributed by atoms with van der Waals surface area (Å²) in [6.07, 6.45) is -4.67. The van der Waals surface area contributed by atoms with Crippen molar-refractivity contribution in [3.05, 3.63) is 64.5 Å². The van der Waals surface area contributed by atoms with E-state index in [1.54, 1.807) is 12.1 Å². The first-order chi connectivity index (χ1) is 16.2. The molecule has 3 aromatic rings. The van der Waals surface area contributed by atoms with E-state index in [0.717, 1.165) is 6.07 Å². The van der Waals surface area contributed by atoms with Crippen molar-refractivity contribution in [3.63, 3.8) is 0 Å². The second-order valence-electron chi connectivity index (χ2n) is 7.24. The van der Waals surface area contributed by atoms with E-state index in [1.165, 1.54) is 39.5 Å². The summed E-state index contributed by atoms with van der Waals surface area (Å²) in [6.45, 7) is 0. The Bertz CT molecular complexity index is 1300. The number of fused-ring (bicyclic) bond motifs is 1. The van der Waals surface area contributed by atoms with Gasteiger partial charge in [-0.15, -0.1) is 5.10 Å². The van der Waals surface area contributed by atoms with Crippen LogP contribution in [0.15, 0.2) is 47.9 Å². The molecule has 0 saturated heterocycles. The van der Waals surface area contributed by atoms with E-state index in [2.05, 4.69) is 10.2 Å². The van der Waals surface area contributed by atoms with Gasteiger partial charge in [0.15, 0.2) is 11.5 Å². The Kier molecular flexibility index (Phi) is 5.75. The molecule has 4 rings (SSSR count). The Morgan fingerprint density at radius 2 is 1.74 bits per heavy atom. The van der Waals surface area contributed by atoms with E-state index in [-0.39, 0.29) is 28.5 Å². The molecule has 1 aromatic heterocycles. The molecule has 8 nitrogen and oxygen atoms in total. The SMILES string of the molecule is COc1cc(-c2[nH]nc3c2C(c2ccccc2C(F)(F)F)C(C#N)=C(N)O3)cc(OC)c1OC. The first-order valence-corrected chi connectivity index (χ1v) is 9.87. The summed E-state index contributed by atoms with van der Waals surface area (Å²) < 4.78 is 63.3. The number of ether oxygens (including phenoxy) is 4. The monoisotopic (exact) mass is 472 g/mol. The normalized spacial score (nSPS) is 15.3. The second-order valence-corrected chi connectivity index (χ2v) is 7.24. The molecule has 0 aliphatic carbocycles. The largest absolute Gasteiger partial charge is 0.493 e. The fourth-order valence-electron chi connectivity index (χ4n) is 4.01. The van der Waals surface area contributed by atoms with Gasteiger partial charge in [-0.25, -0.2) is 0 Å². The van der Waals surface area contributed by atoms with E-state index >= 15 is 0 Å². The fourth-order valence-corrected chi connectivity index (χ4v) is 4.01. The van der Waals surface area contributed by atoms with Crippen molar-refractivity contribution in [2.24, 2.45) is 5.73 Å². The first kappa shape index (κ1) is 22.8. The topological polar surface area (TPSA) is 115 Å². The minimum Gasteiger partial charge on any atom is -0.493 e. The molecule has 0 spiro atoms. The molecule has 3 N–H and O–H groups in total. The number of benzene rings is 2. The van der Waals surface area contributed by atoms with Crippen LogP contribution in [0, 0.1) is 11.3 Å². The van der Waals surface area contributed by atoms with Gasteiger partial charge in [0.25, 0.3) is 0 Å². The van der Waals surface area contributed by atoms with Gasteiger partial charge in [0, 0.05) is 5.56 Å². The number of hydrogen-bond donors (Lipinski definition) is 2. The van der Waals surface area contributed by atoms with Gasteiger partial charge in [-0.05, 0) is 23.8 Å². The highest BCUT2D eigenvalue weighted by Gasteiger charge is 2.41. The number of nitrogens with one attached hydrogen (secondary N) is 1. The summed E-state index contributed by atoms with van der Waals surface area (Å²) in [5.74, 6) is -0.583. The number of nitrogens with zero attached hydrogens (tertiary/aromatic N) is 2. The van der Waals surface area contributed by atoms with Crippen molar-refractivity contribution in [1.82, 2.24) is 10.2 Å². The van der Waals surface area contributed by atoms with Gasteiger partial charge in [-0.3, -0.25) is 5.10 Å². The lowest BCUT2D eigenvalue weighted by molar-refractivity contribution is -0.138. The molecule has 0 amide bonds. The Morgan fingerprint density at radius 3 is 2.29 bits per heavy atom. The quantitative estimate of drug-likeness (QED) is 0.568. The lowest BCUT2D eigenvalue weighted by Gasteiger charge is -2.26. The number of aromatic nitrogens is 2. The standard InChI is InChI=1S/C23H19F3N4O4/c1-31-15-8-11(9-16(32-2)20(15)33-3)19-18-17(12-6-4-5-7-14(12)23(24,25)26)13(10-27)21(28)34-22(18)30-29-19/h4-9,17H,28H2,1-3H3,(H,29,30). The van der Waals surface area contributed by atoms with Crippen LogP contribution in [0.5, 0.6) is 23.1 Å². The van der Waals surface area contributed by atoms with Crippen LogP contribution < -0.4 is 24.7 Å². The van der Waals surface area contributed by atoms with Crippen LogP contribution in [0.2, 0.25) is 0 Å². The maximum atomic E-state index is 13.9. The van der Waals surface area contributed by atoms with Gasteiger partial charge in [-0.1, -0.05) is 18.2 Å². The molecule has 1 atom stereocenters. The summed E-state index contributed by atoms with van der Waals surface area (Å²) in [4.78, 5) is 0. The van der Waals surface area contributed by atoms with Crippen molar-refractivity contribution in [1.29, 1.82) is 5.26 Å². The summed E-state index contributed by atoms with van der Waals surface area (Å²) >= 11 is 0. The Labute approximate surface area is 192 Å². The molecular weight excluding hydrogens is 453 g/mol. The third-order valence-electron chi connectivity index (χ3n) is 5.47. The van der Waals surface area contributed by atoms with Crippen LogP contribution >= 0.6 is 0 Å².